The van der Waals surface area contributed by atoms with Crippen LogP contribution in [0.5, 0.6) is 0 Å². The summed E-state index contributed by atoms with van der Waals surface area (Å²) in [7, 11) is 0. The molecular formula is C18H21N5O2. The second kappa shape index (κ2) is 6.31. The molecule has 4 rings (SSSR count). The molecular weight excluding hydrogens is 318 g/mol. The zero-order valence-corrected chi connectivity index (χ0v) is 13.9. The number of H-pyrrole nitrogens is 1. The van der Waals surface area contributed by atoms with Crippen molar-refractivity contribution in [2.24, 2.45) is 11.7 Å². The number of hydrogen-bond acceptors (Lipinski definition) is 4. The lowest BCUT2D eigenvalue weighted by molar-refractivity contribution is -0.133. The number of carbonyl (C=O) groups excluding carboxylic acids is 2. The van der Waals surface area contributed by atoms with Crippen LogP contribution in [0.3, 0.4) is 0 Å². The molecule has 2 fully saturated rings. The summed E-state index contributed by atoms with van der Waals surface area (Å²) in [5.41, 5.74) is 7.53. The lowest BCUT2D eigenvalue weighted by atomic mass is 9.94. The van der Waals surface area contributed by atoms with E-state index in [0.717, 1.165) is 37.1 Å². The van der Waals surface area contributed by atoms with Gasteiger partial charge in [0.05, 0.1) is 0 Å². The third kappa shape index (κ3) is 3.14. The molecule has 1 saturated carbocycles. The Balaban J connectivity index is 1.41. The fourth-order valence-corrected chi connectivity index (χ4v) is 3.77. The van der Waals surface area contributed by atoms with Crippen LogP contribution in [-0.4, -0.2) is 45.0 Å². The molecule has 1 aliphatic carbocycles. The number of carbonyl (C=O) groups is 2. The van der Waals surface area contributed by atoms with Gasteiger partial charge < -0.3 is 10.6 Å². The second-order valence-corrected chi connectivity index (χ2v) is 6.93. The van der Waals surface area contributed by atoms with Gasteiger partial charge in [-0.15, -0.1) is 0 Å². The van der Waals surface area contributed by atoms with E-state index in [1.165, 1.54) is 0 Å². The molecule has 7 heteroatoms. The first-order valence-electron chi connectivity index (χ1n) is 8.67. The molecule has 0 unspecified atom stereocenters. The zero-order chi connectivity index (χ0) is 17.4. The Hall–Kier alpha value is -2.70. The summed E-state index contributed by atoms with van der Waals surface area (Å²) in [4.78, 5) is 30.2. The van der Waals surface area contributed by atoms with Gasteiger partial charge in [-0.05, 0) is 42.9 Å². The van der Waals surface area contributed by atoms with Crippen LogP contribution in [0.25, 0.3) is 0 Å². The monoisotopic (exact) mass is 339 g/mol. The summed E-state index contributed by atoms with van der Waals surface area (Å²) in [6.45, 7) is 1.46. The number of nitrogens with two attached hydrogens (primary N) is 1. The number of likely N-dealkylation sites (tertiary alicyclic amines) is 1. The molecule has 2 aromatic rings. The smallest absolute Gasteiger partial charge is 0.269 e. The van der Waals surface area contributed by atoms with Gasteiger partial charge in [-0.25, -0.2) is 0 Å². The van der Waals surface area contributed by atoms with E-state index in [0.29, 0.717) is 12.5 Å². The molecule has 1 aliphatic heterocycles. The third-order valence-electron chi connectivity index (χ3n) is 5.24. The van der Waals surface area contributed by atoms with Crippen LogP contribution in [0.15, 0.2) is 30.6 Å². The molecule has 3 heterocycles. The van der Waals surface area contributed by atoms with Crippen molar-refractivity contribution in [1.82, 2.24) is 20.1 Å². The highest BCUT2D eigenvalue weighted by Crippen LogP contribution is 2.48. The van der Waals surface area contributed by atoms with Gasteiger partial charge in [-0.1, -0.05) is 6.07 Å². The molecule has 130 valence electrons. The highest BCUT2D eigenvalue weighted by Gasteiger charge is 2.46. The van der Waals surface area contributed by atoms with Crippen molar-refractivity contribution in [2.75, 3.05) is 13.1 Å². The maximum absolute atomic E-state index is 12.8. The number of nitrogens with one attached hydrogen (secondary N) is 1. The van der Waals surface area contributed by atoms with Crippen molar-refractivity contribution in [3.8, 4) is 0 Å². The van der Waals surface area contributed by atoms with Gasteiger partial charge in [-0.2, -0.15) is 5.10 Å². The number of nitrogens with zero attached hydrogens (tertiary/aromatic N) is 3. The van der Waals surface area contributed by atoms with E-state index < -0.39 is 5.91 Å². The van der Waals surface area contributed by atoms with Crippen LogP contribution in [0.1, 0.15) is 52.8 Å². The molecule has 3 N–H and O–H groups in total. The van der Waals surface area contributed by atoms with Gasteiger partial charge in [0.15, 0.2) is 0 Å². The van der Waals surface area contributed by atoms with Crippen molar-refractivity contribution in [3.63, 3.8) is 0 Å². The lowest BCUT2D eigenvalue weighted by Crippen LogP contribution is -2.40. The van der Waals surface area contributed by atoms with Crippen molar-refractivity contribution in [1.29, 1.82) is 0 Å². The molecule has 2 aliphatic rings. The molecule has 25 heavy (non-hydrogen) atoms. The van der Waals surface area contributed by atoms with Crippen LogP contribution in [0, 0.1) is 5.92 Å². The zero-order valence-electron chi connectivity index (χ0n) is 13.9. The number of aromatic nitrogens is 3. The first-order valence-corrected chi connectivity index (χ1v) is 8.67. The van der Waals surface area contributed by atoms with E-state index >= 15 is 0 Å². The van der Waals surface area contributed by atoms with Crippen LogP contribution >= 0.6 is 0 Å². The van der Waals surface area contributed by atoms with E-state index in [1.54, 1.807) is 12.3 Å². The van der Waals surface area contributed by atoms with Crippen molar-refractivity contribution >= 4 is 11.8 Å². The van der Waals surface area contributed by atoms with E-state index in [2.05, 4.69) is 15.2 Å². The molecule has 2 amide bonds. The maximum atomic E-state index is 12.8. The van der Waals surface area contributed by atoms with Gasteiger partial charge in [0.25, 0.3) is 5.91 Å². The lowest BCUT2D eigenvalue weighted by Gasteiger charge is -2.32. The fourth-order valence-electron chi connectivity index (χ4n) is 3.77. The van der Waals surface area contributed by atoms with Crippen molar-refractivity contribution in [3.05, 3.63) is 47.5 Å². The highest BCUT2D eigenvalue weighted by molar-refractivity contribution is 5.90. The summed E-state index contributed by atoms with van der Waals surface area (Å²) in [5, 5.41) is 6.85. The topological polar surface area (TPSA) is 105 Å². The van der Waals surface area contributed by atoms with Crippen LogP contribution in [-0.2, 0) is 4.79 Å². The Morgan fingerprint density at radius 2 is 2.24 bits per heavy atom. The minimum atomic E-state index is -0.538. The average Bonchev–Trinajstić information content (AvgIpc) is 3.29. The van der Waals surface area contributed by atoms with Gasteiger partial charge in [-0.3, -0.25) is 19.7 Å². The van der Waals surface area contributed by atoms with Crippen molar-refractivity contribution in [2.45, 2.75) is 31.1 Å². The number of hydrogen-bond donors (Lipinski definition) is 2. The van der Waals surface area contributed by atoms with Crippen LogP contribution in [0.4, 0.5) is 0 Å². The van der Waals surface area contributed by atoms with Crippen LogP contribution in [0.2, 0.25) is 0 Å². The highest BCUT2D eigenvalue weighted by atomic mass is 16.2. The Morgan fingerprint density at radius 1 is 1.36 bits per heavy atom. The first kappa shape index (κ1) is 15.8. The Morgan fingerprint density at radius 3 is 2.96 bits per heavy atom. The van der Waals surface area contributed by atoms with Gasteiger partial charge in [0, 0.05) is 43.0 Å². The quantitative estimate of drug-likeness (QED) is 0.878. The molecule has 0 spiro atoms. The third-order valence-corrected chi connectivity index (χ3v) is 5.24. The number of amides is 2. The van der Waals surface area contributed by atoms with Crippen LogP contribution < -0.4 is 5.73 Å². The normalized spacial score (nSPS) is 25.6. The number of primary amides is 1. The fraction of sp³-hybridized carbons (Fsp3) is 0.444. The predicted molar refractivity (Wildman–Crippen MR) is 90.7 cm³/mol. The Bertz CT molecular complexity index is 788. The molecule has 0 radical (unpaired) electrons. The summed E-state index contributed by atoms with van der Waals surface area (Å²) in [5.74, 6) is 0.242. The van der Waals surface area contributed by atoms with E-state index in [9.17, 15) is 9.59 Å². The first-order chi connectivity index (χ1) is 12.1. The molecule has 0 bridgehead atoms. The minimum Gasteiger partial charge on any atom is -0.364 e. The average molecular weight is 339 g/mol. The summed E-state index contributed by atoms with van der Waals surface area (Å²) < 4.78 is 0. The molecule has 2 aromatic heterocycles. The predicted octanol–water partition coefficient (Wildman–Crippen LogP) is 1.41. The van der Waals surface area contributed by atoms with E-state index in [1.807, 2.05) is 23.2 Å². The molecule has 3 atom stereocenters. The minimum absolute atomic E-state index is 0.0749. The van der Waals surface area contributed by atoms with Crippen molar-refractivity contribution < 1.29 is 9.59 Å². The summed E-state index contributed by atoms with van der Waals surface area (Å²) in [6.07, 6.45) is 6.43. The van der Waals surface area contributed by atoms with Gasteiger partial charge in [0.2, 0.25) is 5.91 Å². The van der Waals surface area contributed by atoms with E-state index in [4.69, 9.17) is 5.73 Å². The number of pyridine rings is 1. The SMILES string of the molecule is NC(=O)c1cc([C@@H]2CCCN(C(=O)[C@@H]3C[C@H]3c3cccnc3)C2)[nH]n1. The second-order valence-electron chi connectivity index (χ2n) is 6.93. The summed E-state index contributed by atoms with van der Waals surface area (Å²) in [6, 6.07) is 5.66. The van der Waals surface area contributed by atoms with Gasteiger partial charge in [0.1, 0.15) is 5.69 Å². The summed E-state index contributed by atoms with van der Waals surface area (Å²) >= 11 is 0. The Kier molecular flexibility index (Phi) is 3.99. The maximum Gasteiger partial charge on any atom is 0.269 e. The number of piperidine rings is 1. The Labute approximate surface area is 145 Å². The molecule has 0 aromatic carbocycles. The largest absolute Gasteiger partial charge is 0.364 e. The van der Waals surface area contributed by atoms with Gasteiger partial charge >= 0.3 is 0 Å². The standard InChI is InChI=1S/C18H21N5O2/c19-17(24)16-8-15(21-22-16)12-4-2-6-23(10-12)18(25)14-7-13(14)11-3-1-5-20-9-11/h1,3,5,8-9,12-14H,2,4,6-7,10H2,(H2,19,24)(H,21,22)/t12-,13+,14-/m1/s1. The number of aromatic amines is 1. The molecule has 1 saturated heterocycles. The number of rotatable bonds is 4. The molecule has 7 nitrogen and oxygen atoms in total. The van der Waals surface area contributed by atoms with E-state index in [-0.39, 0.29) is 23.4 Å².